The number of amides is 2. The molecule has 5 nitrogen and oxygen atoms in total. The lowest BCUT2D eigenvalue weighted by Gasteiger charge is -2.27. The van der Waals surface area contributed by atoms with Crippen molar-refractivity contribution >= 4 is 29.0 Å². The number of benzene rings is 1. The number of methoxy groups -OCH3 is 1. The predicted molar refractivity (Wildman–Crippen MR) is 85.2 cm³/mol. The second kappa shape index (κ2) is 6.19. The van der Waals surface area contributed by atoms with Crippen molar-refractivity contribution in [3.63, 3.8) is 0 Å². The molecular weight excluding hydrogens is 300 g/mol. The molecule has 0 radical (unpaired) electrons. The highest BCUT2D eigenvalue weighted by molar-refractivity contribution is 7.10. The fourth-order valence-electron chi connectivity index (χ4n) is 2.43. The number of urea groups is 1. The van der Waals surface area contributed by atoms with E-state index in [4.69, 9.17) is 0 Å². The zero-order valence-electron chi connectivity index (χ0n) is 12.2. The van der Waals surface area contributed by atoms with E-state index in [1.165, 1.54) is 17.6 Å². The minimum atomic E-state index is -0.390. The Labute approximate surface area is 132 Å². The molecule has 6 heteroatoms. The van der Waals surface area contributed by atoms with Crippen LogP contribution in [0.4, 0.5) is 10.5 Å². The number of ether oxygens (including phenoxy) is 1. The van der Waals surface area contributed by atoms with Crippen LogP contribution in [0.1, 0.15) is 20.8 Å². The molecule has 1 aliphatic rings. The SMILES string of the molecule is COC(=O)c1ccc(NC(=O)N2CCc3sccc3C2)cc1. The van der Waals surface area contributed by atoms with E-state index in [0.717, 1.165) is 13.0 Å². The van der Waals surface area contributed by atoms with E-state index in [1.54, 1.807) is 40.5 Å². The molecule has 22 heavy (non-hydrogen) atoms. The van der Waals surface area contributed by atoms with Crippen LogP contribution in [-0.4, -0.2) is 30.6 Å². The van der Waals surface area contributed by atoms with E-state index in [0.29, 0.717) is 17.8 Å². The molecule has 3 rings (SSSR count). The first-order chi connectivity index (χ1) is 10.7. The number of nitrogens with one attached hydrogen (secondary N) is 1. The Balaban J connectivity index is 1.64. The van der Waals surface area contributed by atoms with Crippen molar-refractivity contribution in [1.29, 1.82) is 0 Å². The molecule has 114 valence electrons. The van der Waals surface area contributed by atoms with Crippen molar-refractivity contribution < 1.29 is 14.3 Å². The molecule has 0 saturated carbocycles. The van der Waals surface area contributed by atoms with Gasteiger partial charge >= 0.3 is 12.0 Å². The fourth-order valence-corrected chi connectivity index (χ4v) is 3.32. The van der Waals surface area contributed by atoms with E-state index >= 15 is 0 Å². The number of hydrogen-bond acceptors (Lipinski definition) is 4. The van der Waals surface area contributed by atoms with E-state index in [1.807, 2.05) is 0 Å². The van der Waals surface area contributed by atoms with Gasteiger partial charge in [-0.3, -0.25) is 0 Å². The average molecular weight is 316 g/mol. The van der Waals surface area contributed by atoms with Crippen molar-refractivity contribution in [2.24, 2.45) is 0 Å². The van der Waals surface area contributed by atoms with Crippen LogP contribution in [0.15, 0.2) is 35.7 Å². The molecule has 0 unspecified atom stereocenters. The molecular formula is C16H16N2O3S. The zero-order chi connectivity index (χ0) is 15.5. The normalized spacial score (nSPS) is 13.4. The number of hydrogen-bond donors (Lipinski definition) is 1. The first-order valence-electron chi connectivity index (χ1n) is 6.97. The molecule has 1 aromatic carbocycles. The molecule has 0 saturated heterocycles. The maximum Gasteiger partial charge on any atom is 0.337 e. The number of carbonyl (C=O) groups excluding carboxylic acids is 2. The summed E-state index contributed by atoms with van der Waals surface area (Å²) in [5.41, 5.74) is 2.35. The van der Waals surface area contributed by atoms with Gasteiger partial charge in [0, 0.05) is 23.7 Å². The van der Waals surface area contributed by atoms with Crippen LogP contribution in [0.5, 0.6) is 0 Å². The lowest BCUT2D eigenvalue weighted by molar-refractivity contribution is 0.0601. The third-order valence-electron chi connectivity index (χ3n) is 3.65. The van der Waals surface area contributed by atoms with Crippen LogP contribution in [0.2, 0.25) is 0 Å². The summed E-state index contributed by atoms with van der Waals surface area (Å²) in [5.74, 6) is -0.390. The third-order valence-corrected chi connectivity index (χ3v) is 4.68. The van der Waals surface area contributed by atoms with E-state index in [-0.39, 0.29) is 12.0 Å². The Morgan fingerprint density at radius 1 is 1.23 bits per heavy atom. The molecule has 1 aliphatic heterocycles. The topological polar surface area (TPSA) is 58.6 Å². The van der Waals surface area contributed by atoms with Gasteiger partial charge in [0.2, 0.25) is 0 Å². The fraction of sp³-hybridized carbons (Fsp3) is 0.250. The standard InChI is InChI=1S/C16H16N2O3S/c1-21-15(19)11-2-4-13(5-3-11)17-16(20)18-8-6-14-12(10-18)7-9-22-14/h2-5,7,9H,6,8,10H2,1H3,(H,17,20). The molecule has 2 amide bonds. The number of fused-ring (bicyclic) bond motifs is 1. The van der Waals surface area contributed by atoms with Gasteiger partial charge in [0.25, 0.3) is 0 Å². The Hall–Kier alpha value is -2.34. The summed E-state index contributed by atoms with van der Waals surface area (Å²) in [7, 11) is 1.34. The van der Waals surface area contributed by atoms with Crippen LogP contribution < -0.4 is 5.32 Å². The Morgan fingerprint density at radius 2 is 2.00 bits per heavy atom. The molecule has 2 heterocycles. The number of anilines is 1. The summed E-state index contributed by atoms with van der Waals surface area (Å²) >= 11 is 1.75. The van der Waals surface area contributed by atoms with Crippen molar-refractivity contribution in [3.8, 4) is 0 Å². The monoisotopic (exact) mass is 316 g/mol. The van der Waals surface area contributed by atoms with Crippen molar-refractivity contribution in [2.75, 3.05) is 19.0 Å². The number of thiophene rings is 1. The highest BCUT2D eigenvalue weighted by atomic mass is 32.1. The van der Waals surface area contributed by atoms with Gasteiger partial charge in [0.15, 0.2) is 0 Å². The summed E-state index contributed by atoms with van der Waals surface area (Å²) in [5, 5.41) is 4.92. The van der Waals surface area contributed by atoms with Crippen LogP contribution in [0.3, 0.4) is 0 Å². The maximum absolute atomic E-state index is 12.3. The predicted octanol–water partition coefficient (Wildman–Crippen LogP) is 3.12. The summed E-state index contributed by atoms with van der Waals surface area (Å²) in [6.45, 7) is 1.37. The minimum Gasteiger partial charge on any atom is -0.465 e. The molecule has 0 bridgehead atoms. The van der Waals surface area contributed by atoms with E-state index in [9.17, 15) is 9.59 Å². The molecule has 2 aromatic rings. The van der Waals surface area contributed by atoms with Gasteiger partial charge in [-0.1, -0.05) is 0 Å². The first kappa shape index (κ1) is 14.6. The lowest BCUT2D eigenvalue weighted by Crippen LogP contribution is -2.38. The lowest BCUT2D eigenvalue weighted by atomic mass is 10.1. The average Bonchev–Trinajstić information content (AvgIpc) is 3.02. The summed E-state index contributed by atoms with van der Waals surface area (Å²) < 4.78 is 4.64. The highest BCUT2D eigenvalue weighted by Gasteiger charge is 2.21. The molecule has 0 spiro atoms. The zero-order valence-corrected chi connectivity index (χ0v) is 13.0. The molecule has 0 atom stereocenters. The second-order valence-electron chi connectivity index (χ2n) is 5.04. The number of carbonyl (C=O) groups is 2. The van der Waals surface area contributed by atoms with Crippen LogP contribution >= 0.6 is 11.3 Å². The number of nitrogens with zero attached hydrogens (tertiary/aromatic N) is 1. The highest BCUT2D eigenvalue weighted by Crippen LogP contribution is 2.24. The van der Waals surface area contributed by atoms with Gasteiger partial charge in [-0.15, -0.1) is 11.3 Å². The molecule has 0 aliphatic carbocycles. The van der Waals surface area contributed by atoms with Gasteiger partial charge in [-0.2, -0.15) is 0 Å². The summed E-state index contributed by atoms with van der Waals surface area (Å²) in [6, 6.07) is 8.62. The van der Waals surface area contributed by atoms with Gasteiger partial charge in [0.1, 0.15) is 0 Å². The van der Waals surface area contributed by atoms with Crippen molar-refractivity contribution in [3.05, 3.63) is 51.7 Å². The maximum atomic E-state index is 12.3. The van der Waals surface area contributed by atoms with E-state index < -0.39 is 0 Å². The first-order valence-corrected chi connectivity index (χ1v) is 7.85. The number of rotatable bonds is 2. The van der Waals surface area contributed by atoms with Gasteiger partial charge < -0.3 is 15.0 Å². The Bertz CT molecular complexity index is 694. The third kappa shape index (κ3) is 2.96. The smallest absolute Gasteiger partial charge is 0.337 e. The van der Waals surface area contributed by atoms with Gasteiger partial charge in [0.05, 0.1) is 12.7 Å². The number of esters is 1. The Kier molecular flexibility index (Phi) is 4.11. The van der Waals surface area contributed by atoms with Crippen LogP contribution in [0, 0.1) is 0 Å². The molecule has 1 aromatic heterocycles. The largest absolute Gasteiger partial charge is 0.465 e. The summed E-state index contributed by atoms with van der Waals surface area (Å²) in [6.07, 6.45) is 0.904. The van der Waals surface area contributed by atoms with Crippen LogP contribution in [-0.2, 0) is 17.7 Å². The quantitative estimate of drug-likeness (QED) is 0.866. The molecule has 0 fully saturated rings. The second-order valence-corrected chi connectivity index (χ2v) is 6.04. The van der Waals surface area contributed by atoms with E-state index in [2.05, 4.69) is 21.5 Å². The molecule has 1 N–H and O–H groups in total. The van der Waals surface area contributed by atoms with Crippen LogP contribution in [0.25, 0.3) is 0 Å². The van der Waals surface area contributed by atoms with Crippen molar-refractivity contribution in [1.82, 2.24) is 4.90 Å². The van der Waals surface area contributed by atoms with Gasteiger partial charge in [-0.25, -0.2) is 9.59 Å². The minimum absolute atomic E-state index is 0.123. The Morgan fingerprint density at radius 3 is 2.73 bits per heavy atom. The van der Waals surface area contributed by atoms with Crippen molar-refractivity contribution in [2.45, 2.75) is 13.0 Å². The summed E-state index contributed by atoms with van der Waals surface area (Å²) in [4.78, 5) is 26.8. The van der Waals surface area contributed by atoms with Gasteiger partial charge in [-0.05, 0) is 47.7 Å².